The van der Waals surface area contributed by atoms with Crippen LogP contribution in [-0.2, 0) is 6.54 Å². The van der Waals surface area contributed by atoms with E-state index >= 15 is 0 Å². The maximum Gasteiger partial charge on any atom is 0.150 e. The highest BCUT2D eigenvalue weighted by molar-refractivity contribution is 6.31. The number of rotatable bonds is 4. The Morgan fingerprint density at radius 3 is 2.88 bits per heavy atom. The van der Waals surface area contributed by atoms with Crippen LogP contribution in [0.4, 0.5) is 5.82 Å². The van der Waals surface area contributed by atoms with Crippen molar-refractivity contribution in [3.05, 3.63) is 58.7 Å². The fourth-order valence-electron chi connectivity index (χ4n) is 1.44. The quantitative estimate of drug-likeness (QED) is 0.843. The van der Waals surface area contributed by atoms with Gasteiger partial charge in [0, 0.05) is 23.3 Å². The molecule has 0 bridgehead atoms. The van der Waals surface area contributed by atoms with Gasteiger partial charge in [0.25, 0.3) is 0 Å². The molecule has 0 fully saturated rings. The molecular weight excluding hydrogens is 236 g/mol. The molecule has 0 aliphatic heterocycles. The monoisotopic (exact) mass is 246 g/mol. The molecule has 0 saturated carbocycles. The average Bonchev–Trinajstić information content (AvgIpc) is 2.38. The number of halogens is 1. The van der Waals surface area contributed by atoms with Crippen molar-refractivity contribution in [1.29, 1.82) is 0 Å². The van der Waals surface area contributed by atoms with Gasteiger partial charge in [-0.3, -0.25) is 4.79 Å². The van der Waals surface area contributed by atoms with E-state index in [9.17, 15) is 4.79 Å². The van der Waals surface area contributed by atoms with E-state index in [2.05, 4.69) is 10.3 Å². The standard InChI is InChI=1S/C13H11ClN2O/c14-12-4-2-1-3-11(12)8-16-13-7-10(9-17)5-6-15-13/h1-7,9H,8H2,(H,15,16). The van der Waals surface area contributed by atoms with Gasteiger partial charge in [-0.05, 0) is 23.8 Å². The highest BCUT2D eigenvalue weighted by Crippen LogP contribution is 2.16. The van der Waals surface area contributed by atoms with Gasteiger partial charge >= 0.3 is 0 Å². The molecule has 86 valence electrons. The van der Waals surface area contributed by atoms with Crippen LogP contribution >= 0.6 is 11.6 Å². The Kier molecular flexibility index (Phi) is 3.73. The molecule has 0 atom stereocenters. The van der Waals surface area contributed by atoms with E-state index in [1.54, 1.807) is 18.3 Å². The Bertz CT molecular complexity index is 528. The highest BCUT2D eigenvalue weighted by atomic mass is 35.5. The summed E-state index contributed by atoms with van der Waals surface area (Å²) in [5.41, 5.74) is 1.59. The third-order valence-corrected chi connectivity index (χ3v) is 2.71. The lowest BCUT2D eigenvalue weighted by molar-refractivity contribution is 0.112. The molecule has 0 unspecified atom stereocenters. The molecular formula is C13H11ClN2O. The van der Waals surface area contributed by atoms with E-state index < -0.39 is 0 Å². The molecule has 0 amide bonds. The average molecular weight is 247 g/mol. The summed E-state index contributed by atoms with van der Waals surface area (Å²) in [4.78, 5) is 14.7. The van der Waals surface area contributed by atoms with Crippen molar-refractivity contribution < 1.29 is 4.79 Å². The molecule has 4 heteroatoms. The maximum atomic E-state index is 10.6. The van der Waals surface area contributed by atoms with Gasteiger partial charge in [-0.1, -0.05) is 29.8 Å². The predicted molar refractivity (Wildman–Crippen MR) is 68.4 cm³/mol. The molecule has 2 rings (SSSR count). The van der Waals surface area contributed by atoms with E-state index in [-0.39, 0.29) is 0 Å². The van der Waals surface area contributed by atoms with E-state index in [1.165, 1.54) is 0 Å². The molecule has 0 aliphatic carbocycles. The maximum absolute atomic E-state index is 10.6. The first-order valence-electron chi connectivity index (χ1n) is 5.18. The molecule has 0 spiro atoms. The highest BCUT2D eigenvalue weighted by Gasteiger charge is 2.00. The van der Waals surface area contributed by atoms with Crippen LogP contribution < -0.4 is 5.32 Å². The molecule has 1 N–H and O–H groups in total. The molecule has 3 nitrogen and oxygen atoms in total. The van der Waals surface area contributed by atoms with Crippen molar-refractivity contribution in [1.82, 2.24) is 4.98 Å². The summed E-state index contributed by atoms with van der Waals surface area (Å²) in [5.74, 6) is 0.662. The fraction of sp³-hybridized carbons (Fsp3) is 0.0769. The van der Waals surface area contributed by atoms with Gasteiger partial charge < -0.3 is 5.32 Å². The second-order valence-corrected chi connectivity index (χ2v) is 3.94. The first-order valence-corrected chi connectivity index (χ1v) is 5.56. The van der Waals surface area contributed by atoms with Crippen molar-refractivity contribution in [3.8, 4) is 0 Å². The third-order valence-electron chi connectivity index (χ3n) is 2.34. The van der Waals surface area contributed by atoms with Gasteiger partial charge in [0.15, 0.2) is 0 Å². The van der Waals surface area contributed by atoms with Crippen molar-refractivity contribution >= 4 is 23.7 Å². The molecule has 1 aromatic carbocycles. The second-order valence-electron chi connectivity index (χ2n) is 3.54. The van der Waals surface area contributed by atoms with Crippen molar-refractivity contribution in [2.24, 2.45) is 0 Å². The minimum Gasteiger partial charge on any atom is -0.366 e. The lowest BCUT2D eigenvalue weighted by Gasteiger charge is -2.07. The summed E-state index contributed by atoms with van der Waals surface area (Å²) in [5, 5.41) is 3.84. The Morgan fingerprint density at radius 2 is 2.12 bits per heavy atom. The van der Waals surface area contributed by atoms with Crippen LogP contribution in [0.1, 0.15) is 15.9 Å². The van der Waals surface area contributed by atoms with Gasteiger partial charge in [0.1, 0.15) is 12.1 Å². The molecule has 0 radical (unpaired) electrons. The summed E-state index contributed by atoms with van der Waals surface area (Å²) in [6.45, 7) is 0.578. The number of nitrogens with one attached hydrogen (secondary N) is 1. The molecule has 1 heterocycles. The first-order chi connectivity index (χ1) is 8.29. The number of carbonyl (C=O) groups excluding carboxylic acids is 1. The van der Waals surface area contributed by atoms with Gasteiger partial charge in [-0.25, -0.2) is 4.98 Å². The number of pyridine rings is 1. The van der Waals surface area contributed by atoms with Gasteiger partial charge in [-0.15, -0.1) is 0 Å². The number of aromatic nitrogens is 1. The number of hydrogen-bond donors (Lipinski definition) is 1. The Morgan fingerprint density at radius 1 is 1.29 bits per heavy atom. The zero-order valence-electron chi connectivity index (χ0n) is 9.06. The largest absolute Gasteiger partial charge is 0.366 e. The van der Waals surface area contributed by atoms with Crippen LogP contribution in [0.25, 0.3) is 0 Å². The first kappa shape index (κ1) is 11.6. The molecule has 1 aromatic heterocycles. The van der Waals surface area contributed by atoms with Gasteiger partial charge in [0.05, 0.1) is 0 Å². The molecule has 2 aromatic rings. The summed E-state index contributed by atoms with van der Waals surface area (Å²) in [7, 11) is 0. The van der Waals surface area contributed by atoms with Crippen LogP contribution in [0, 0.1) is 0 Å². The summed E-state index contributed by atoms with van der Waals surface area (Å²) in [6, 6.07) is 11.0. The Balaban J connectivity index is 2.07. The van der Waals surface area contributed by atoms with E-state index in [1.807, 2.05) is 24.3 Å². The van der Waals surface area contributed by atoms with E-state index in [4.69, 9.17) is 11.6 Å². The number of nitrogens with zero attached hydrogens (tertiary/aromatic N) is 1. The van der Waals surface area contributed by atoms with Crippen molar-refractivity contribution in [3.63, 3.8) is 0 Å². The SMILES string of the molecule is O=Cc1ccnc(NCc2ccccc2Cl)c1. The van der Waals surface area contributed by atoms with E-state index in [0.29, 0.717) is 22.9 Å². The Labute approximate surface area is 104 Å². The van der Waals surface area contributed by atoms with Crippen LogP contribution in [0.3, 0.4) is 0 Å². The minimum atomic E-state index is 0.578. The van der Waals surface area contributed by atoms with E-state index in [0.717, 1.165) is 11.8 Å². The van der Waals surface area contributed by atoms with Crippen LogP contribution in [0.2, 0.25) is 5.02 Å². The zero-order valence-corrected chi connectivity index (χ0v) is 9.82. The summed E-state index contributed by atoms with van der Waals surface area (Å²) >= 11 is 6.03. The molecule has 0 saturated heterocycles. The van der Waals surface area contributed by atoms with Crippen LogP contribution in [0.15, 0.2) is 42.6 Å². The van der Waals surface area contributed by atoms with Gasteiger partial charge in [-0.2, -0.15) is 0 Å². The lowest BCUT2D eigenvalue weighted by atomic mass is 10.2. The number of benzene rings is 1. The predicted octanol–water partition coefficient (Wildman–Crippen LogP) is 3.16. The van der Waals surface area contributed by atoms with Crippen LogP contribution in [0.5, 0.6) is 0 Å². The molecule has 17 heavy (non-hydrogen) atoms. The summed E-state index contributed by atoms with van der Waals surface area (Å²) in [6.07, 6.45) is 2.39. The molecule has 0 aliphatic rings. The Hall–Kier alpha value is -1.87. The normalized spacial score (nSPS) is 9.94. The van der Waals surface area contributed by atoms with Crippen LogP contribution in [-0.4, -0.2) is 11.3 Å². The zero-order chi connectivity index (χ0) is 12.1. The summed E-state index contributed by atoms with van der Waals surface area (Å²) < 4.78 is 0. The number of aldehydes is 1. The second kappa shape index (κ2) is 5.46. The minimum absolute atomic E-state index is 0.578. The topological polar surface area (TPSA) is 42.0 Å². The smallest absolute Gasteiger partial charge is 0.150 e. The number of carbonyl (C=O) groups is 1. The fourth-order valence-corrected chi connectivity index (χ4v) is 1.65. The number of anilines is 1. The number of hydrogen-bond acceptors (Lipinski definition) is 3. The van der Waals surface area contributed by atoms with Crippen molar-refractivity contribution in [2.45, 2.75) is 6.54 Å². The lowest BCUT2D eigenvalue weighted by Crippen LogP contribution is -2.02. The third kappa shape index (κ3) is 3.04. The van der Waals surface area contributed by atoms with Crippen molar-refractivity contribution in [2.75, 3.05) is 5.32 Å². The van der Waals surface area contributed by atoms with Gasteiger partial charge in [0.2, 0.25) is 0 Å².